The van der Waals surface area contributed by atoms with E-state index >= 15 is 0 Å². The first kappa shape index (κ1) is 17.5. The monoisotopic (exact) mass is 347 g/mol. The zero-order valence-electron chi connectivity index (χ0n) is 13.2. The Hall–Kier alpha value is -2.87. The summed E-state index contributed by atoms with van der Waals surface area (Å²) in [5, 5.41) is 0. The Balaban J connectivity index is 2.21. The highest BCUT2D eigenvalue weighted by molar-refractivity contribution is 7.92. The van der Waals surface area contributed by atoms with Crippen molar-refractivity contribution in [3.63, 3.8) is 0 Å². The van der Waals surface area contributed by atoms with E-state index in [1.165, 1.54) is 48.2 Å². The van der Waals surface area contributed by atoms with Gasteiger partial charge < -0.3 is 10.6 Å². The minimum atomic E-state index is -3.78. The Morgan fingerprint density at radius 1 is 1.00 bits per heavy atom. The van der Waals surface area contributed by atoms with Gasteiger partial charge in [0.25, 0.3) is 10.0 Å². The molecule has 7 nitrogen and oxygen atoms in total. The maximum absolute atomic E-state index is 12.4. The molecule has 0 aliphatic rings. The second-order valence-corrected chi connectivity index (χ2v) is 6.80. The van der Waals surface area contributed by atoms with Crippen molar-refractivity contribution < 1.29 is 18.0 Å². The zero-order valence-corrected chi connectivity index (χ0v) is 14.0. The molecule has 2 rings (SSSR count). The molecule has 0 spiro atoms. The number of nitrogens with zero attached hydrogens (tertiary/aromatic N) is 1. The first-order valence-corrected chi connectivity index (χ1v) is 8.46. The summed E-state index contributed by atoms with van der Waals surface area (Å²) in [5.74, 6) is -0.743. The molecule has 0 atom stereocenters. The Bertz CT molecular complexity index is 859. The van der Waals surface area contributed by atoms with Gasteiger partial charge in [0.2, 0.25) is 11.8 Å². The first-order valence-electron chi connectivity index (χ1n) is 6.98. The number of rotatable bonds is 5. The summed E-state index contributed by atoms with van der Waals surface area (Å²) in [6.45, 7) is 1.42. The maximum atomic E-state index is 12.4. The molecular formula is C16H17N3O4S. The number of hydrogen-bond acceptors (Lipinski definition) is 4. The van der Waals surface area contributed by atoms with Crippen LogP contribution in [0.5, 0.6) is 0 Å². The molecule has 3 N–H and O–H groups in total. The van der Waals surface area contributed by atoms with Crippen LogP contribution in [0.25, 0.3) is 0 Å². The molecule has 2 aromatic rings. The van der Waals surface area contributed by atoms with Crippen LogP contribution in [0.15, 0.2) is 53.4 Å². The van der Waals surface area contributed by atoms with Crippen molar-refractivity contribution in [3.05, 3.63) is 54.1 Å². The van der Waals surface area contributed by atoms with Gasteiger partial charge in [0.15, 0.2) is 0 Å². The lowest BCUT2D eigenvalue weighted by molar-refractivity contribution is -0.116. The van der Waals surface area contributed by atoms with E-state index in [9.17, 15) is 18.0 Å². The molecule has 0 saturated heterocycles. The molecule has 2 aromatic carbocycles. The van der Waals surface area contributed by atoms with Gasteiger partial charge in [-0.25, -0.2) is 8.42 Å². The lowest BCUT2D eigenvalue weighted by Crippen LogP contribution is -2.22. The van der Waals surface area contributed by atoms with Crippen LogP contribution in [0.2, 0.25) is 0 Å². The van der Waals surface area contributed by atoms with Crippen LogP contribution in [-0.2, 0) is 14.8 Å². The Labute approximate surface area is 140 Å². The number of nitrogens with two attached hydrogens (primary N) is 1. The van der Waals surface area contributed by atoms with Crippen LogP contribution < -0.4 is 15.4 Å². The normalized spacial score (nSPS) is 10.9. The van der Waals surface area contributed by atoms with E-state index < -0.39 is 15.9 Å². The van der Waals surface area contributed by atoms with Crippen molar-refractivity contribution in [3.8, 4) is 0 Å². The average Bonchev–Trinajstić information content (AvgIpc) is 2.54. The highest BCUT2D eigenvalue weighted by Gasteiger charge is 2.15. The predicted octanol–water partition coefficient (Wildman–Crippen LogP) is 1.57. The van der Waals surface area contributed by atoms with Crippen LogP contribution in [-0.4, -0.2) is 27.3 Å². The van der Waals surface area contributed by atoms with Crippen molar-refractivity contribution in [1.82, 2.24) is 0 Å². The quantitative estimate of drug-likeness (QED) is 0.855. The Kier molecular flexibility index (Phi) is 4.89. The third-order valence-electron chi connectivity index (χ3n) is 3.43. The molecule has 0 unspecified atom stereocenters. The molecule has 0 aliphatic heterocycles. The van der Waals surface area contributed by atoms with Gasteiger partial charge in [-0.05, 0) is 48.5 Å². The van der Waals surface area contributed by atoms with Crippen molar-refractivity contribution in [2.75, 3.05) is 16.7 Å². The van der Waals surface area contributed by atoms with Crippen LogP contribution in [0, 0.1) is 0 Å². The Morgan fingerprint density at radius 2 is 1.54 bits per heavy atom. The molecule has 24 heavy (non-hydrogen) atoms. The summed E-state index contributed by atoms with van der Waals surface area (Å²) < 4.78 is 27.1. The van der Waals surface area contributed by atoms with Crippen molar-refractivity contribution in [1.29, 1.82) is 0 Å². The first-order chi connectivity index (χ1) is 11.2. The molecule has 0 aromatic heterocycles. The van der Waals surface area contributed by atoms with Gasteiger partial charge in [-0.3, -0.25) is 14.3 Å². The highest BCUT2D eigenvalue weighted by Crippen LogP contribution is 2.20. The van der Waals surface area contributed by atoms with Gasteiger partial charge in [0.1, 0.15) is 0 Å². The van der Waals surface area contributed by atoms with Crippen LogP contribution in [0.1, 0.15) is 17.3 Å². The number of hydrogen-bond donors (Lipinski definition) is 2. The fourth-order valence-corrected chi connectivity index (χ4v) is 3.01. The summed E-state index contributed by atoms with van der Waals surface area (Å²) in [4.78, 5) is 23.8. The van der Waals surface area contributed by atoms with E-state index in [0.29, 0.717) is 11.4 Å². The smallest absolute Gasteiger partial charge is 0.261 e. The molecule has 0 bridgehead atoms. The molecule has 0 heterocycles. The van der Waals surface area contributed by atoms with Crippen LogP contribution >= 0.6 is 0 Å². The second-order valence-electron chi connectivity index (χ2n) is 5.12. The number of primary amides is 1. The third-order valence-corrected chi connectivity index (χ3v) is 4.83. The average molecular weight is 347 g/mol. The number of anilines is 2. The van der Waals surface area contributed by atoms with Crippen LogP contribution in [0.3, 0.4) is 0 Å². The summed E-state index contributed by atoms with van der Waals surface area (Å²) in [6, 6.07) is 11.7. The molecule has 8 heteroatoms. The Morgan fingerprint density at radius 3 is 2.00 bits per heavy atom. The number of sulfonamides is 1. The second kappa shape index (κ2) is 6.71. The number of amides is 2. The minimum Gasteiger partial charge on any atom is -0.366 e. The summed E-state index contributed by atoms with van der Waals surface area (Å²) in [5.41, 5.74) is 6.32. The highest BCUT2D eigenvalue weighted by atomic mass is 32.2. The molecule has 126 valence electrons. The number of carbonyl (C=O) groups is 2. The minimum absolute atomic E-state index is 0.0576. The molecule has 0 radical (unpaired) electrons. The maximum Gasteiger partial charge on any atom is 0.261 e. The predicted molar refractivity (Wildman–Crippen MR) is 91.3 cm³/mol. The van der Waals surface area contributed by atoms with Gasteiger partial charge in [-0.2, -0.15) is 0 Å². The van der Waals surface area contributed by atoms with E-state index in [1.54, 1.807) is 19.2 Å². The standard InChI is InChI=1S/C16H17N3O4S/c1-11(20)19(2)14-7-9-15(10-8-14)24(22,23)18-13-5-3-12(4-6-13)16(17)21/h3-10,18H,1-2H3,(H2,17,21). The van der Waals surface area contributed by atoms with E-state index in [0.717, 1.165) is 0 Å². The van der Waals surface area contributed by atoms with Crippen molar-refractivity contribution >= 4 is 33.2 Å². The van der Waals surface area contributed by atoms with E-state index in [2.05, 4.69) is 4.72 Å². The third kappa shape index (κ3) is 3.90. The topological polar surface area (TPSA) is 110 Å². The lowest BCUT2D eigenvalue weighted by atomic mass is 10.2. The number of carbonyl (C=O) groups excluding carboxylic acids is 2. The zero-order chi connectivity index (χ0) is 17.9. The molecular weight excluding hydrogens is 330 g/mol. The van der Waals surface area contributed by atoms with Gasteiger partial charge >= 0.3 is 0 Å². The molecule has 0 fully saturated rings. The summed E-state index contributed by atoms with van der Waals surface area (Å²) >= 11 is 0. The number of nitrogens with one attached hydrogen (secondary N) is 1. The van der Waals surface area contributed by atoms with Gasteiger partial charge in [0.05, 0.1) is 4.90 Å². The fraction of sp³-hybridized carbons (Fsp3) is 0.125. The van der Waals surface area contributed by atoms with Crippen molar-refractivity contribution in [2.45, 2.75) is 11.8 Å². The molecule has 0 aliphatic carbocycles. The van der Waals surface area contributed by atoms with E-state index in [4.69, 9.17) is 5.73 Å². The number of benzene rings is 2. The van der Waals surface area contributed by atoms with Gasteiger partial charge in [-0.15, -0.1) is 0 Å². The van der Waals surface area contributed by atoms with Crippen molar-refractivity contribution in [2.24, 2.45) is 5.73 Å². The van der Waals surface area contributed by atoms with Gasteiger partial charge in [0, 0.05) is 30.9 Å². The lowest BCUT2D eigenvalue weighted by Gasteiger charge is -2.15. The van der Waals surface area contributed by atoms with E-state index in [1.807, 2.05) is 0 Å². The molecule has 2 amide bonds. The van der Waals surface area contributed by atoms with E-state index in [-0.39, 0.29) is 16.4 Å². The fourth-order valence-electron chi connectivity index (χ4n) is 1.95. The summed E-state index contributed by atoms with van der Waals surface area (Å²) in [6.07, 6.45) is 0. The summed E-state index contributed by atoms with van der Waals surface area (Å²) in [7, 11) is -2.18. The largest absolute Gasteiger partial charge is 0.366 e. The van der Waals surface area contributed by atoms with Gasteiger partial charge in [-0.1, -0.05) is 0 Å². The SMILES string of the molecule is CC(=O)N(C)c1ccc(S(=O)(=O)Nc2ccc(C(N)=O)cc2)cc1. The van der Waals surface area contributed by atoms with Crippen LogP contribution in [0.4, 0.5) is 11.4 Å². The molecule has 0 saturated carbocycles.